The lowest BCUT2D eigenvalue weighted by atomic mass is 9.84. The number of carbonyl (C=O) groups excluding carboxylic acids is 1. The van der Waals surface area contributed by atoms with Crippen LogP contribution < -0.4 is 16.2 Å². The second kappa shape index (κ2) is 7.08. The largest absolute Gasteiger partial charge is 0.490 e. The first-order valence-corrected chi connectivity index (χ1v) is 7.87. The maximum absolute atomic E-state index is 10.9. The maximum Gasteiger partial charge on any atom is 0.404 e. The minimum Gasteiger partial charge on any atom is -0.490 e. The summed E-state index contributed by atoms with van der Waals surface area (Å²) in [7, 11) is 0. The summed E-state index contributed by atoms with van der Waals surface area (Å²) in [6.45, 7) is 7.70. The van der Waals surface area contributed by atoms with Gasteiger partial charge in [0.1, 0.15) is 18.5 Å². The van der Waals surface area contributed by atoms with Gasteiger partial charge in [-0.05, 0) is 23.1 Å². The van der Waals surface area contributed by atoms with Crippen molar-refractivity contribution >= 4 is 11.8 Å². The molecule has 4 N–H and O–H groups in total. The van der Waals surface area contributed by atoms with Crippen LogP contribution in [0.25, 0.3) is 0 Å². The van der Waals surface area contributed by atoms with Gasteiger partial charge in [0.25, 0.3) is 0 Å². The average Bonchev–Trinajstić information content (AvgIpc) is 2.47. The van der Waals surface area contributed by atoms with Gasteiger partial charge in [0.15, 0.2) is 0 Å². The predicted molar refractivity (Wildman–Crippen MR) is 88.4 cm³/mol. The molecular weight excluding hydrogens is 296 g/mol. The molecule has 0 saturated carbocycles. The van der Waals surface area contributed by atoms with Crippen LogP contribution in [0, 0.1) is 0 Å². The standard InChI is InChI=1S/C17H26N2O4/c1-17(2,3)14-9-13(23-12-4-6-21-7-5-12)8-11(15(14)18)10-22-16(19)20/h8-9,12H,4-7,10,18H2,1-3H3,(H2,19,20). The van der Waals surface area contributed by atoms with Crippen molar-refractivity contribution in [1.29, 1.82) is 0 Å². The summed E-state index contributed by atoms with van der Waals surface area (Å²) >= 11 is 0. The van der Waals surface area contributed by atoms with Crippen molar-refractivity contribution in [3.05, 3.63) is 23.3 Å². The molecule has 0 spiro atoms. The molecule has 2 rings (SSSR count). The van der Waals surface area contributed by atoms with Crippen LogP contribution in [0.5, 0.6) is 5.75 Å². The third kappa shape index (κ3) is 4.76. The number of rotatable bonds is 4. The summed E-state index contributed by atoms with van der Waals surface area (Å²) in [6.07, 6.45) is 1.03. The molecule has 128 valence electrons. The predicted octanol–water partition coefficient (Wildman–Crippen LogP) is 2.72. The van der Waals surface area contributed by atoms with Gasteiger partial charge in [-0.15, -0.1) is 0 Å². The Hall–Kier alpha value is -1.95. The van der Waals surface area contributed by atoms with Crippen molar-refractivity contribution in [2.45, 2.75) is 51.7 Å². The van der Waals surface area contributed by atoms with Crippen LogP contribution in [0.3, 0.4) is 0 Å². The Labute approximate surface area is 137 Å². The molecule has 1 saturated heterocycles. The number of hydrogen-bond donors (Lipinski definition) is 2. The number of primary amides is 1. The highest BCUT2D eigenvalue weighted by molar-refractivity contribution is 5.65. The van der Waals surface area contributed by atoms with Crippen molar-refractivity contribution in [1.82, 2.24) is 0 Å². The molecule has 0 bridgehead atoms. The number of benzene rings is 1. The average molecular weight is 322 g/mol. The number of ether oxygens (including phenoxy) is 3. The molecule has 1 aliphatic rings. The van der Waals surface area contributed by atoms with Crippen LogP contribution in [0.4, 0.5) is 10.5 Å². The van der Waals surface area contributed by atoms with Gasteiger partial charge < -0.3 is 25.7 Å². The topological polar surface area (TPSA) is 96.8 Å². The van der Waals surface area contributed by atoms with Crippen molar-refractivity contribution in [2.24, 2.45) is 5.73 Å². The van der Waals surface area contributed by atoms with E-state index in [-0.39, 0.29) is 18.1 Å². The molecule has 0 radical (unpaired) electrons. The van der Waals surface area contributed by atoms with Gasteiger partial charge in [-0.3, -0.25) is 0 Å². The second-order valence-corrected chi connectivity index (χ2v) is 6.83. The van der Waals surface area contributed by atoms with E-state index in [1.54, 1.807) is 0 Å². The van der Waals surface area contributed by atoms with Gasteiger partial charge in [0.05, 0.1) is 13.2 Å². The first-order valence-electron chi connectivity index (χ1n) is 7.87. The molecule has 0 unspecified atom stereocenters. The molecule has 1 aliphatic heterocycles. The molecular formula is C17H26N2O4. The summed E-state index contributed by atoms with van der Waals surface area (Å²) in [4.78, 5) is 10.9. The first-order chi connectivity index (χ1) is 10.8. The fourth-order valence-electron chi connectivity index (χ4n) is 2.63. The van der Waals surface area contributed by atoms with Gasteiger partial charge in [0, 0.05) is 24.1 Å². The van der Waals surface area contributed by atoms with E-state index in [2.05, 4.69) is 20.8 Å². The van der Waals surface area contributed by atoms with Gasteiger partial charge in [-0.1, -0.05) is 20.8 Å². The van der Waals surface area contributed by atoms with E-state index >= 15 is 0 Å². The number of amides is 1. The Kier molecular flexibility index (Phi) is 5.36. The highest BCUT2D eigenvalue weighted by Crippen LogP contribution is 2.35. The van der Waals surface area contributed by atoms with E-state index in [4.69, 9.17) is 25.7 Å². The molecule has 1 aromatic rings. The Bertz CT molecular complexity index is 560. The molecule has 0 aliphatic carbocycles. The normalized spacial score (nSPS) is 16.1. The SMILES string of the molecule is CC(C)(C)c1cc(OC2CCOCC2)cc(COC(N)=O)c1N. The summed E-state index contributed by atoms with van der Waals surface area (Å²) in [5.41, 5.74) is 13.4. The number of anilines is 1. The second-order valence-electron chi connectivity index (χ2n) is 6.83. The lowest BCUT2D eigenvalue weighted by Crippen LogP contribution is -2.26. The van der Waals surface area contributed by atoms with Crippen LogP contribution in [-0.4, -0.2) is 25.4 Å². The van der Waals surface area contributed by atoms with Crippen molar-refractivity contribution in [3.8, 4) is 5.75 Å². The Balaban J connectivity index is 2.29. The van der Waals surface area contributed by atoms with Crippen molar-refractivity contribution in [3.63, 3.8) is 0 Å². The molecule has 6 nitrogen and oxygen atoms in total. The van der Waals surface area contributed by atoms with Gasteiger partial charge in [0.2, 0.25) is 0 Å². The quantitative estimate of drug-likeness (QED) is 0.831. The summed E-state index contributed by atoms with van der Waals surface area (Å²) < 4.78 is 16.3. The zero-order valence-electron chi connectivity index (χ0n) is 14.1. The highest BCUT2D eigenvalue weighted by atomic mass is 16.5. The molecule has 1 aromatic carbocycles. The number of hydrogen-bond acceptors (Lipinski definition) is 5. The van der Waals surface area contributed by atoms with Crippen LogP contribution in [0.2, 0.25) is 0 Å². The van der Waals surface area contributed by atoms with E-state index in [0.29, 0.717) is 24.5 Å². The maximum atomic E-state index is 10.9. The van der Waals surface area contributed by atoms with Crippen molar-refractivity contribution in [2.75, 3.05) is 18.9 Å². The first kappa shape index (κ1) is 17.4. The summed E-state index contributed by atoms with van der Waals surface area (Å²) in [6, 6.07) is 3.79. The van der Waals surface area contributed by atoms with E-state index in [9.17, 15) is 4.79 Å². The Morgan fingerprint density at radius 1 is 1.30 bits per heavy atom. The highest BCUT2D eigenvalue weighted by Gasteiger charge is 2.22. The lowest BCUT2D eigenvalue weighted by Gasteiger charge is -2.27. The molecule has 6 heteroatoms. The number of nitrogens with two attached hydrogens (primary N) is 2. The van der Waals surface area contributed by atoms with E-state index in [0.717, 1.165) is 24.2 Å². The zero-order valence-corrected chi connectivity index (χ0v) is 14.1. The molecule has 0 aromatic heterocycles. The van der Waals surface area contributed by atoms with E-state index in [1.807, 2.05) is 12.1 Å². The van der Waals surface area contributed by atoms with E-state index in [1.165, 1.54) is 0 Å². The summed E-state index contributed by atoms with van der Waals surface area (Å²) in [5.74, 6) is 0.735. The van der Waals surface area contributed by atoms with Gasteiger partial charge in [-0.2, -0.15) is 0 Å². The minimum atomic E-state index is -0.822. The van der Waals surface area contributed by atoms with Crippen LogP contribution in [0.15, 0.2) is 12.1 Å². The Morgan fingerprint density at radius 2 is 1.96 bits per heavy atom. The smallest absolute Gasteiger partial charge is 0.404 e. The van der Waals surface area contributed by atoms with Gasteiger partial charge in [-0.25, -0.2) is 4.79 Å². The fraction of sp³-hybridized carbons (Fsp3) is 0.588. The molecule has 23 heavy (non-hydrogen) atoms. The number of nitrogen functional groups attached to an aromatic ring is 1. The van der Waals surface area contributed by atoms with E-state index < -0.39 is 6.09 Å². The molecule has 0 atom stereocenters. The van der Waals surface area contributed by atoms with Crippen LogP contribution >= 0.6 is 0 Å². The minimum absolute atomic E-state index is 0.0369. The third-order valence-electron chi connectivity index (χ3n) is 3.89. The monoisotopic (exact) mass is 322 g/mol. The summed E-state index contributed by atoms with van der Waals surface area (Å²) in [5, 5.41) is 0. The molecule has 1 amide bonds. The molecule has 1 heterocycles. The zero-order chi connectivity index (χ0) is 17.0. The van der Waals surface area contributed by atoms with Crippen LogP contribution in [-0.2, 0) is 21.5 Å². The van der Waals surface area contributed by atoms with Crippen LogP contribution in [0.1, 0.15) is 44.7 Å². The van der Waals surface area contributed by atoms with Crippen molar-refractivity contribution < 1.29 is 19.0 Å². The van der Waals surface area contributed by atoms with Gasteiger partial charge >= 0.3 is 6.09 Å². The third-order valence-corrected chi connectivity index (χ3v) is 3.89. The Morgan fingerprint density at radius 3 is 2.52 bits per heavy atom. The lowest BCUT2D eigenvalue weighted by molar-refractivity contribution is 0.0254. The molecule has 1 fully saturated rings. The fourth-order valence-corrected chi connectivity index (χ4v) is 2.63. The number of carbonyl (C=O) groups is 1.